The van der Waals surface area contributed by atoms with Gasteiger partial charge in [-0.3, -0.25) is 0 Å². The first-order chi connectivity index (χ1) is 7.77. The molecule has 16 heavy (non-hydrogen) atoms. The molecule has 0 N–H and O–H groups in total. The standard InChI is InChI=1S/C12H12O4/c1-3-15-11-10(14-2)8-6-4-5-7-9(8)16-12(11)13/h4-7H,3H2,1-2H3. The number of hydrogen-bond donors (Lipinski definition) is 0. The van der Waals surface area contributed by atoms with Crippen LogP contribution in [0.4, 0.5) is 0 Å². The van der Waals surface area contributed by atoms with Gasteiger partial charge in [0.2, 0.25) is 5.75 Å². The van der Waals surface area contributed by atoms with Crippen LogP contribution in [0.2, 0.25) is 0 Å². The topological polar surface area (TPSA) is 48.7 Å². The summed E-state index contributed by atoms with van der Waals surface area (Å²) in [6, 6.07) is 7.18. The highest BCUT2D eigenvalue weighted by Gasteiger charge is 2.15. The van der Waals surface area contributed by atoms with Gasteiger partial charge in [0, 0.05) is 0 Å². The second-order valence-corrected chi connectivity index (χ2v) is 3.18. The van der Waals surface area contributed by atoms with Crippen molar-refractivity contribution < 1.29 is 13.9 Å². The third-order valence-corrected chi connectivity index (χ3v) is 2.22. The first-order valence-corrected chi connectivity index (χ1v) is 5.00. The molecule has 4 nitrogen and oxygen atoms in total. The van der Waals surface area contributed by atoms with Gasteiger partial charge in [0.1, 0.15) is 5.58 Å². The minimum Gasteiger partial charge on any atom is -0.492 e. The van der Waals surface area contributed by atoms with Crippen molar-refractivity contribution in [3.63, 3.8) is 0 Å². The van der Waals surface area contributed by atoms with Crippen molar-refractivity contribution in [3.8, 4) is 11.5 Å². The molecule has 0 spiro atoms. The van der Waals surface area contributed by atoms with E-state index in [4.69, 9.17) is 13.9 Å². The van der Waals surface area contributed by atoms with E-state index in [9.17, 15) is 4.79 Å². The Kier molecular flexibility index (Phi) is 2.81. The van der Waals surface area contributed by atoms with E-state index in [0.29, 0.717) is 17.9 Å². The third-order valence-electron chi connectivity index (χ3n) is 2.22. The Morgan fingerprint density at radius 3 is 2.69 bits per heavy atom. The van der Waals surface area contributed by atoms with Crippen molar-refractivity contribution in [3.05, 3.63) is 34.7 Å². The first kappa shape index (κ1) is 10.5. The lowest BCUT2D eigenvalue weighted by atomic mass is 10.2. The van der Waals surface area contributed by atoms with Gasteiger partial charge in [-0.05, 0) is 19.1 Å². The fourth-order valence-electron chi connectivity index (χ4n) is 1.58. The Labute approximate surface area is 92.4 Å². The van der Waals surface area contributed by atoms with Crippen LogP contribution in [-0.2, 0) is 0 Å². The predicted molar refractivity (Wildman–Crippen MR) is 60.2 cm³/mol. The third kappa shape index (κ3) is 1.62. The van der Waals surface area contributed by atoms with E-state index in [2.05, 4.69) is 0 Å². The van der Waals surface area contributed by atoms with Gasteiger partial charge in [-0.15, -0.1) is 0 Å². The molecule has 1 heterocycles. The highest BCUT2D eigenvalue weighted by Crippen LogP contribution is 2.31. The summed E-state index contributed by atoms with van der Waals surface area (Å²) in [4.78, 5) is 11.6. The van der Waals surface area contributed by atoms with Crippen LogP contribution in [0.3, 0.4) is 0 Å². The first-order valence-electron chi connectivity index (χ1n) is 5.00. The molecule has 0 aliphatic carbocycles. The summed E-state index contributed by atoms with van der Waals surface area (Å²) in [6.07, 6.45) is 0. The molecule has 2 aromatic rings. The SMILES string of the molecule is CCOc1c(OC)c2ccccc2oc1=O. The van der Waals surface area contributed by atoms with E-state index in [0.717, 1.165) is 5.39 Å². The molecule has 0 saturated heterocycles. The smallest absolute Gasteiger partial charge is 0.383 e. The van der Waals surface area contributed by atoms with Crippen LogP contribution in [-0.4, -0.2) is 13.7 Å². The van der Waals surface area contributed by atoms with Crippen molar-refractivity contribution >= 4 is 11.0 Å². The molecular weight excluding hydrogens is 208 g/mol. The van der Waals surface area contributed by atoms with Crippen molar-refractivity contribution in [2.75, 3.05) is 13.7 Å². The molecule has 0 unspecified atom stereocenters. The number of rotatable bonds is 3. The molecular formula is C12H12O4. The molecule has 84 valence electrons. The van der Waals surface area contributed by atoms with Crippen LogP contribution in [0.5, 0.6) is 11.5 Å². The van der Waals surface area contributed by atoms with Gasteiger partial charge in [0.05, 0.1) is 19.1 Å². The van der Waals surface area contributed by atoms with E-state index in [1.165, 1.54) is 7.11 Å². The summed E-state index contributed by atoms with van der Waals surface area (Å²) in [5, 5.41) is 0.730. The summed E-state index contributed by atoms with van der Waals surface area (Å²) in [7, 11) is 1.50. The van der Waals surface area contributed by atoms with Gasteiger partial charge in [0.15, 0.2) is 5.75 Å². The van der Waals surface area contributed by atoms with Crippen molar-refractivity contribution in [1.29, 1.82) is 0 Å². The summed E-state index contributed by atoms with van der Waals surface area (Å²) in [6.45, 7) is 2.19. The maximum Gasteiger partial charge on any atom is 0.383 e. The van der Waals surface area contributed by atoms with Crippen LogP contribution in [0.25, 0.3) is 11.0 Å². The number of fused-ring (bicyclic) bond motifs is 1. The fraction of sp³-hybridized carbons (Fsp3) is 0.250. The molecule has 0 aliphatic heterocycles. The predicted octanol–water partition coefficient (Wildman–Crippen LogP) is 2.20. The average Bonchev–Trinajstić information content (AvgIpc) is 2.30. The quantitative estimate of drug-likeness (QED) is 0.744. The molecule has 0 bridgehead atoms. The summed E-state index contributed by atoms with van der Waals surface area (Å²) < 4.78 is 15.6. The maximum atomic E-state index is 11.6. The second-order valence-electron chi connectivity index (χ2n) is 3.18. The lowest BCUT2D eigenvalue weighted by Gasteiger charge is -2.09. The number of hydrogen-bond acceptors (Lipinski definition) is 4. The lowest BCUT2D eigenvalue weighted by molar-refractivity contribution is 0.296. The van der Waals surface area contributed by atoms with E-state index in [1.807, 2.05) is 12.1 Å². The molecule has 0 fully saturated rings. The lowest BCUT2D eigenvalue weighted by Crippen LogP contribution is -2.08. The van der Waals surface area contributed by atoms with Gasteiger partial charge >= 0.3 is 5.63 Å². The van der Waals surface area contributed by atoms with Gasteiger partial charge in [-0.2, -0.15) is 0 Å². The Morgan fingerprint density at radius 1 is 1.25 bits per heavy atom. The molecule has 1 aromatic carbocycles. The fourth-order valence-corrected chi connectivity index (χ4v) is 1.58. The highest BCUT2D eigenvalue weighted by molar-refractivity contribution is 5.85. The van der Waals surface area contributed by atoms with E-state index >= 15 is 0 Å². The zero-order valence-electron chi connectivity index (χ0n) is 9.15. The van der Waals surface area contributed by atoms with E-state index in [1.54, 1.807) is 19.1 Å². The molecule has 0 amide bonds. The second kappa shape index (κ2) is 4.26. The highest BCUT2D eigenvalue weighted by atomic mass is 16.5. The molecule has 0 radical (unpaired) electrons. The zero-order chi connectivity index (χ0) is 11.5. The number of para-hydroxylation sites is 1. The largest absolute Gasteiger partial charge is 0.492 e. The van der Waals surface area contributed by atoms with E-state index < -0.39 is 5.63 Å². The Bertz CT molecular complexity index is 556. The van der Waals surface area contributed by atoms with Gasteiger partial charge < -0.3 is 13.9 Å². The monoisotopic (exact) mass is 220 g/mol. The molecule has 4 heteroatoms. The normalized spacial score (nSPS) is 10.4. The van der Waals surface area contributed by atoms with Gasteiger partial charge in [-0.25, -0.2) is 4.79 Å². The average molecular weight is 220 g/mol. The Hall–Kier alpha value is -1.97. The van der Waals surface area contributed by atoms with Crippen LogP contribution in [0.15, 0.2) is 33.5 Å². The van der Waals surface area contributed by atoms with E-state index in [-0.39, 0.29) is 5.75 Å². The molecule has 0 atom stereocenters. The summed E-state index contributed by atoms with van der Waals surface area (Å²) in [5.74, 6) is 0.553. The summed E-state index contributed by atoms with van der Waals surface area (Å²) >= 11 is 0. The number of methoxy groups -OCH3 is 1. The van der Waals surface area contributed by atoms with Crippen LogP contribution >= 0.6 is 0 Å². The molecule has 1 aromatic heterocycles. The minimum atomic E-state index is -0.516. The zero-order valence-corrected chi connectivity index (χ0v) is 9.15. The maximum absolute atomic E-state index is 11.6. The van der Waals surface area contributed by atoms with Crippen LogP contribution in [0.1, 0.15) is 6.92 Å². The Balaban J connectivity index is 2.79. The Morgan fingerprint density at radius 2 is 2.00 bits per heavy atom. The summed E-state index contributed by atoms with van der Waals surface area (Å²) in [5.41, 5.74) is -0.0230. The van der Waals surface area contributed by atoms with Crippen molar-refractivity contribution in [2.24, 2.45) is 0 Å². The van der Waals surface area contributed by atoms with Crippen molar-refractivity contribution in [2.45, 2.75) is 6.92 Å². The number of ether oxygens (including phenoxy) is 2. The van der Waals surface area contributed by atoms with Crippen LogP contribution < -0.4 is 15.1 Å². The number of benzene rings is 1. The molecule has 2 rings (SSSR count). The molecule has 0 aliphatic rings. The van der Waals surface area contributed by atoms with Gasteiger partial charge in [0.25, 0.3) is 0 Å². The minimum absolute atomic E-state index is 0.128. The van der Waals surface area contributed by atoms with Crippen molar-refractivity contribution in [1.82, 2.24) is 0 Å². The van der Waals surface area contributed by atoms with Crippen LogP contribution in [0, 0.1) is 0 Å². The molecule has 0 saturated carbocycles. The van der Waals surface area contributed by atoms with Gasteiger partial charge in [-0.1, -0.05) is 12.1 Å².